The summed E-state index contributed by atoms with van der Waals surface area (Å²) in [7, 11) is 0. The first-order valence-corrected chi connectivity index (χ1v) is 11.8. The van der Waals surface area contributed by atoms with Gasteiger partial charge in [-0.25, -0.2) is 4.79 Å². The van der Waals surface area contributed by atoms with Gasteiger partial charge in [-0.15, -0.1) is 0 Å². The van der Waals surface area contributed by atoms with Gasteiger partial charge in [-0.2, -0.15) is 0 Å². The minimum Gasteiger partial charge on any atom is -0.481 e. The molecule has 1 saturated heterocycles. The van der Waals surface area contributed by atoms with Gasteiger partial charge in [0, 0.05) is 18.6 Å². The minimum absolute atomic E-state index is 0.0487. The molecule has 5 rings (SSSR count). The van der Waals surface area contributed by atoms with Crippen molar-refractivity contribution >= 4 is 18.0 Å². The summed E-state index contributed by atoms with van der Waals surface area (Å²) in [5, 5.41) is 14.9. The summed E-state index contributed by atoms with van der Waals surface area (Å²) in [5.74, 6) is -1.92. The van der Waals surface area contributed by atoms with Crippen molar-refractivity contribution in [3.05, 3.63) is 59.7 Å². The molecule has 2 amide bonds. The average molecular weight is 465 g/mol. The number of alkyl carbamates (subject to hydrolysis) is 1. The van der Waals surface area contributed by atoms with Gasteiger partial charge in [0.15, 0.2) is 6.10 Å². The Balaban J connectivity index is 1.19. The van der Waals surface area contributed by atoms with E-state index in [1.807, 2.05) is 24.3 Å². The Labute approximate surface area is 197 Å². The number of rotatable bonds is 6. The molecule has 2 aromatic carbocycles. The number of amides is 2. The van der Waals surface area contributed by atoms with E-state index >= 15 is 0 Å². The molecular weight excluding hydrogens is 436 g/mol. The smallest absolute Gasteiger partial charge is 0.407 e. The van der Waals surface area contributed by atoms with Gasteiger partial charge in [-0.3, -0.25) is 9.59 Å². The third-order valence-electron chi connectivity index (χ3n) is 7.16. The molecule has 8 nitrogen and oxygen atoms in total. The largest absolute Gasteiger partial charge is 0.481 e. The average Bonchev–Trinajstić information content (AvgIpc) is 3.55. The van der Waals surface area contributed by atoms with Gasteiger partial charge in [0.25, 0.3) is 5.91 Å². The highest BCUT2D eigenvalue weighted by Gasteiger charge is 2.40. The number of hydrogen-bond donors (Lipinski definition) is 3. The monoisotopic (exact) mass is 464 g/mol. The number of nitrogens with one attached hydrogen (secondary N) is 2. The topological polar surface area (TPSA) is 114 Å². The van der Waals surface area contributed by atoms with E-state index in [2.05, 4.69) is 34.9 Å². The number of ether oxygens (including phenoxy) is 2. The Morgan fingerprint density at radius 2 is 1.59 bits per heavy atom. The van der Waals surface area contributed by atoms with Crippen LogP contribution in [0.25, 0.3) is 11.1 Å². The maximum Gasteiger partial charge on any atom is 0.407 e. The molecule has 178 valence electrons. The lowest BCUT2D eigenvalue weighted by Gasteiger charge is -2.23. The molecular formula is C26H28N2O6. The van der Waals surface area contributed by atoms with Crippen LogP contribution in [-0.2, 0) is 19.1 Å². The fourth-order valence-corrected chi connectivity index (χ4v) is 5.48. The highest BCUT2D eigenvalue weighted by atomic mass is 16.6. The summed E-state index contributed by atoms with van der Waals surface area (Å²) in [6.45, 7) is 0.520. The van der Waals surface area contributed by atoms with Crippen molar-refractivity contribution in [2.45, 2.75) is 49.8 Å². The molecule has 0 radical (unpaired) electrons. The number of carbonyl (C=O) groups is 3. The van der Waals surface area contributed by atoms with Crippen molar-refractivity contribution in [2.24, 2.45) is 5.92 Å². The zero-order valence-electron chi connectivity index (χ0n) is 18.7. The lowest BCUT2D eigenvalue weighted by molar-refractivity contribution is -0.142. The fraction of sp³-hybridized carbons (Fsp3) is 0.423. The predicted molar refractivity (Wildman–Crippen MR) is 123 cm³/mol. The number of fused-ring (bicyclic) bond motifs is 3. The number of aliphatic carboxylic acids is 1. The van der Waals surface area contributed by atoms with Crippen LogP contribution in [0.2, 0.25) is 0 Å². The van der Waals surface area contributed by atoms with Gasteiger partial charge in [0.2, 0.25) is 0 Å². The number of carboxylic acids is 1. The van der Waals surface area contributed by atoms with Crippen LogP contribution in [-0.4, -0.2) is 54.5 Å². The zero-order chi connectivity index (χ0) is 23.7. The van der Waals surface area contributed by atoms with E-state index in [0.29, 0.717) is 25.9 Å². The Hall–Kier alpha value is -3.39. The molecule has 3 aliphatic rings. The third-order valence-corrected chi connectivity index (χ3v) is 7.16. The van der Waals surface area contributed by atoms with E-state index < -0.39 is 36.2 Å². The highest BCUT2D eigenvalue weighted by molar-refractivity contribution is 5.84. The van der Waals surface area contributed by atoms with Crippen molar-refractivity contribution in [1.29, 1.82) is 0 Å². The van der Waals surface area contributed by atoms with E-state index in [1.54, 1.807) is 0 Å². The molecule has 2 aromatic rings. The van der Waals surface area contributed by atoms with Crippen molar-refractivity contribution in [3.63, 3.8) is 0 Å². The second kappa shape index (κ2) is 9.46. The van der Waals surface area contributed by atoms with Gasteiger partial charge in [0.1, 0.15) is 6.61 Å². The molecule has 0 bridgehead atoms. The van der Waals surface area contributed by atoms with E-state index in [1.165, 1.54) is 0 Å². The van der Waals surface area contributed by atoms with E-state index in [0.717, 1.165) is 28.7 Å². The number of carboxylic acid groups (broad SMARTS) is 1. The van der Waals surface area contributed by atoms with Crippen LogP contribution in [0.3, 0.4) is 0 Å². The Bertz CT molecular complexity index is 1060. The van der Waals surface area contributed by atoms with Gasteiger partial charge < -0.3 is 25.2 Å². The fourth-order valence-electron chi connectivity index (χ4n) is 5.48. The maximum atomic E-state index is 12.8. The van der Waals surface area contributed by atoms with E-state index in [-0.39, 0.29) is 18.4 Å². The molecule has 1 aliphatic heterocycles. The van der Waals surface area contributed by atoms with E-state index in [4.69, 9.17) is 9.47 Å². The summed E-state index contributed by atoms with van der Waals surface area (Å²) in [5.41, 5.74) is 4.56. The van der Waals surface area contributed by atoms with Crippen LogP contribution in [0.15, 0.2) is 48.5 Å². The second-order valence-corrected chi connectivity index (χ2v) is 9.15. The molecule has 0 aromatic heterocycles. The molecule has 1 heterocycles. The molecule has 2 aliphatic carbocycles. The lowest BCUT2D eigenvalue weighted by atomic mass is 9.98. The van der Waals surface area contributed by atoms with Crippen LogP contribution < -0.4 is 10.6 Å². The molecule has 3 N–H and O–H groups in total. The number of benzene rings is 2. The van der Waals surface area contributed by atoms with Crippen molar-refractivity contribution in [2.75, 3.05) is 13.2 Å². The standard InChI is InChI=1S/C26H28N2O6/c29-24(27-21-11-5-10-19(21)25(30)31)23-22(12-13-33-23)28-26(32)34-14-20-17-8-3-1-6-15(17)16-7-2-4-9-18(16)20/h1-4,6-9,19-23H,5,10-14H2,(H,27,29)(H,28,32)(H,30,31)/t19?,21?,22-,23+/m1/s1. The lowest BCUT2D eigenvalue weighted by Crippen LogP contribution is -2.51. The van der Waals surface area contributed by atoms with Gasteiger partial charge in [-0.05, 0) is 41.5 Å². The van der Waals surface area contributed by atoms with Gasteiger partial charge >= 0.3 is 12.1 Å². The van der Waals surface area contributed by atoms with Crippen LogP contribution >= 0.6 is 0 Å². The first-order valence-electron chi connectivity index (χ1n) is 11.8. The summed E-state index contributed by atoms with van der Waals surface area (Å²) < 4.78 is 11.2. The summed E-state index contributed by atoms with van der Waals surface area (Å²) >= 11 is 0. The molecule has 1 saturated carbocycles. The second-order valence-electron chi connectivity index (χ2n) is 9.15. The van der Waals surface area contributed by atoms with Crippen LogP contribution in [0.5, 0.6) is 0 Å². The Kier molecular flexibility index (Phi) is 6.24. The number of carbonyl (C=O) groups excluding carboxylic acids is 2. The van der Waals surface area contributed by atoms with Crippen LogP contribution in [0.1, 0.15) is 42.7 Å². The maximum absolute atomic E-state index is 12.8. The first kappa shape index (κ1) is 22.4. The van der Waals surface area contributed by atoms with Gasteiger partial charge in [0.05, 0.1) is 12.0 Å². The summed E-state index contributed by atoms with van der Waals surface area (Å²) in [6, 6.07) is 15.3. The molecule has 34 heavy (non-hydrogen) atoms. The van der Waals surface area contributed by atoms with E-state index in [9.17, 15) is 19.5 Å². The van der Waals surface area contributed by atoms with Crippen LogP contribution in [0, 0.1) is 5.92 Å². The number of hydrogen-bond acceptors (Lipinski definition) is 5. The molecule has 0 spiro atoms. The van der Waals surface area contributed by atoms with Crippen molar-refractivity contribution in [1.82, 2.24) is 10.6 Å². The first-order chi connectivity index (χ1) is 16.5. The van der Waals surface area contributed by atoms with Crippen LogP contribution in [0.4, 0.5) is 4.79 Å². The Morgan fingerprint density at radius 1 is 0.912 bits per heavy atom. The normalized spacial score (nSPS) is 25.4. The van der Waals surface area contributed by atoms with Crippen molar-refractivity contribution < 1.29 is 29.0 Å². The molecule has 2 unspecified atom stereocenters. The minimum atomic E-state index is -0.900. The summed E-state index contributed by atoms with van der Waals surface area (Å²) in [4.78, 5) is 36.8. The highest BCUT2D eigenvalue weighted by Crippen LogP contribution is 2.44. The Morgan fingerprint density at radius 3 is 2.26 bits per heavy atom. The zero-order valence-corrected chi connectivity index (χ0v) is 18.7. The third kappa shape index (κ3) is 4.25. The SMILES string of the molecule is O=C(N[C@@H]1CCO[C@@H]1C(=O)NC1CCCC1C(=O)O)OCC1c2ccccc2-c2ccccc21. The molecule has 4 atom stereocenters. The van der Waals surface area contributed by atoms with Gasteiger partial charge in [-0.1, -0.05) is 55.0 Å². The quantitative estimate of drug-likeness (QED) is 0.606. The summed E-state index contributed by atoms with van der Waals surface area (Å²) in [6.07, 6.45) is 0.951. The molecule has 2 fully saturated rings. The molecule has 8 heteroatoms. The predicted octanol–water partition coefficient (Wildman–Crippen LogP) is 3.05. The van der Waals surface area contributed by atoms with Crippen molar-refractivity contribution in [3.8, 4) is 11.1 Å².